The first-order valence-corrected chi connectivity index (χ1v) is 12.0. The van der Waals surface area contributed by atoms with Crippen LogP contribution < -0.4 is 10.2 Å². The predicted molar refractivity (Wildman–Crippen MR) is 148 cm³/mol. The number of rotatable bonds is 6. The van der Waals surface area contributed by atoms with Gasteiger partial charge in [0, 0.05) is 28.2 Å². The highest BCUT2D eigenvalue weighted by Gasteiger charge is 2.26. The average Bonchev–Trinajstić information content (AvgIpc) is 3.72. The van der Waals surface area contributed by atoms with E-state index in [-0.39, 0.29) is 0 Å². The second kappa shape index (κ2) is 9.00. The molecule has 0 bridgehead atoms. The Morgan fingerprint density at radius 1 is 0.457 bits per heavy atom. The molecule has 2 heteroatoms. The lowest BCUT2D eigenvalue weighted by Gasteiger charge is -2.26. The van der Waals surface area contributed by atoms with Gasteiger partial charge in [0.1, 0.15) is 0 Å². The fraction of sp³-hybridized carbons (Fsp3) is 0.0303. The largest absolute Gasteiger partial charge is 0.351 e. The Hall–Kier alpha value is -4.56. The summed E-state index contributed by atoms with van der Waals surface area (Å²) in [6, 6.07) is 47.2. The van der Waals surface area contributed by atoms with Gasteiger partial charge in [-0.15, -0.1) is 0 Å². The van der Waals surface area contributed by atoms with E-state index in [0.29, 0.717) is 0 Å². The minimum absolute atomic E-state index is 1.14. The molecule has 35 heavy (non-hydrogen) atoms. The van der Waals surface area contributed by atoms with Crippen molar-refractivity contribution in [2.45, 2.75) is 6.92 Å². The molecule has 168 valence electrons. The zero-order valence-electron chi connectivity index (χ0n) is 19.6. The molecule has 0 aromatic heterocycles. The van der Waals surface area contributed by atoms with E-state index in [4.69, 9.17) is 0 Å². The third-order valence-corrected chi connectivity index (χ3v) is 6.41. The van der Waals surface area contributed by atoms with Gasteiger partial charge in [0.05, 0.1) is 11.4 Å². The van der Waals surface area contributed by atoms with E-state index in [0.717, 1.165) is 17.1 Å². The lowest BCUT2D eigenvalue weighted by molar-refractivity contribution is 1.27. The number of benzene rings is 5. The summed E-state index contributed by atoms with van der Waals surface area (Å²) < 4.78 is 0. The van der Waals surface area contributed by atoms with Crippen LogP contribution in [-0.2, 0) is 0 Å². The van der Waals surface area contributed by atoms with Crippen LogP contribution in [0.4, 0.5) is 17.1 Å². The molecule has 6 rings (SSSR count). The van der Waals surface area contributed by atoms with Crippen LogP contribution in [0.15, 0.2) is 133 Å². The molecular weight excluding hydrogens is 424 g/mol. The van der Waals surface area contributed by atoms with E-state index in [2.05, 4.69) is 151 Å². The average molecular weight is 451 g/mol. The molecule has 0 fully saturated rings. The Morgan fingerprint density at radius 3 is 1.77 bits per heavy atom. The second-order valence-corrected chi connectivity index (χ2v) is 8.84. The van der Waals surface area contributed by atoms with E-state index in [1.54, 1.807) is 0 Å². The molecule has 0 radical (unpaired) electrons. The molecule has 0 spiro atoms. The molecule has 5 aromatic rings. The smallest absolute Gasteiger partial charge is 0.0710 e. The number of nitrogens with one attached hydrogen (secondary N) is 1. The molecule has 1 heterocycles. The van der Waals surface area contributed by atoms with Gasteiger partial charge in [0.25, 0.3) is 0 Å². The molecular formula is C33H26N2. The summed E-state index contributed by atoms with van der Waals surface area (Å²) >= 11 is 0. The van der Waals surface area contributed by atoms with Crippen molar-refractivity contribution >= 4 is 28.5 Å². The molecule has 0 amide bonds. The molecule has 0 saturated heterocycles. The fourth-order valence-electron chi connectivity index (χ4n) is 4.65. The highest BCUT2D eigenvalue weighted by Crippen LogP contribution is 2.41. The molecule has 5 aromatic carbocycles. The van der Waals surface area contributed by atoms with Gasteiger partial charge in [-0.2, -0.15) is 0 Å². The second-order valence-electron chi connectivity index (χ2n) is 8.84. The third-order valence-electron chi connectivity index (χ3n) is 6.41. The Bertz CT molecular complexity index is 1500. The minimum atomic E-state index is 1.14. The maximum atomic E-state index is 3.51. The van der Waals surface area contributed by atoms with Gasteiger partial charge < -0.3 is 10.2 Å². The van der Waals surface area contributed by atoms with E-state index in [9.17, 15) is 0 Å². The maximum Gasteiger partial charge on any atom is 0.0710 e. The van der Waals surface area contributed by atoms with Crippen molar-refractivity contribution in [3.05, 3.63) is 150 Å². The Morgan fingerprint density at radius 2 is 1.06 bits per heavy atom. The molecule has 1 aliphatic rings. The minimum Gasteiger partial charge on any atom is -0.351 e. The molecule has 2 nitrogen and oxygen atoms in total. The normalized spacial score (nSPS) is 12.3. The van der Waals surface area contributed by atoms with Gasteiger partial charge >= 0.3 is 0 Å². The van der Waals surface area contributed by atoms with Crippen LogP contribution in [0.5, 0.6) is 0 Å². The highest BCUT2D eigenvalue weighted by atomic mass is 15.1. The molecule has 0 aliphatic carbocycles. The summed E-state index contributed by atoms with van der Waals surface area (Å²) in [4.78, 5) is 2.31. The molecule has 0 unspecified atom stereocenters. The third kappa shape index (κ3) is 4.22. The zero-order valence-corrected chi connectivity index (χ0v) is 19.6. The Balaban J connectivity index is 1.38. The van der Waals surface area contributed by atoms with Gasteiger partial charge in [0.2, 0.25) is 0 Å². The van der Waals surface area contributed by atoms with Gasteiger partial charge in [-0.1, -0.05) is 97.1 Å². The van der Waals surface area contributed by atoms with Crippen molar-refractivity contribution in [2.75, 3.05) is 4.90 Å². The molecule has 0 saturated carbocycles. The standard InChI is InChI=1S/C33H26N2/c1-24-11-10-16-29(23-24)35(27-14-6-3-7-15-27)28-21-19-25(20-22-28)30-17-8-9-18-31(30)33-32(34-33)26-12-4-2-5-13-26/h2-23,34H,1H3. The van der Waals surface area contributed by atoms with Crippen LogP contribution >= 0.6 is 0 Å². The van der Waals surface area contributed by atoms with Crippen molar-refractivity contribution in [1.29, 1.82) is 0 Å². The Kier molecular flexibility index (Phi) is 5.40. The quantitative estimate of drug-likeness (QED) is 0.280. The van der Waals surface area contributed by atoms with Gasteiger partial charge in [-0.25, -0.2) is 0 Å². The summed E-state index contributed by atoms with van der Waals surface area (Å²) in [5.74, 6) is 0. The molecule has 0 atom stereocenters. The zero-order chi connectivity index (χ0) is 23.6. The lowest BCUT2D eigenvalue weighted by atomic mass is 9.98. The van der Waals surface area contributed by atoms with E-state index >= 15 is 0 Å². The monoisotopic (exact) mass is 450 g/mol. The lowest BCUT2D eigenvalue weighted by Crippen LogP contribution is -2.09. The van der Waals surface area contributed by atoms with Crippen LogP contribution in [0.3, 0.4) is 0 Å². The fourth-order valence-corrected chi connectivity index (χ4v) is 4.65. The van der Waals surface area contributed by atoms with Gasteiger partial charge in [-0.05, 0) is 60.0 Å². The summed E-state index contributed by atoms with van der Waals surface area (Å²) in [7, 11) is 0. The first-order chi connectivity index (χ1) is 17.3. The summed E-state index contributed by atoms with van der Waals surface area (Å²) in [6.45, 7) is 2.14. The number of para-hydroxylation sites is 1. The van der Waals surface area contributed by atoms with E-state index in [1.165, 1.54) is 39.2 Å². The van der Waals surface area contributed by atoms with Crippen molar-refractivity contribution in [1.82, 2.24) is 5.32 Å². The number of hydrogen-bond acceptors (Lipinski definition) is 2. The van der Waals surface area contributed by atoms with Crippen LogP contribution in [0.2, 0.25) is 0 Å². The Labute approximate surface area is 206 Å². The number of anilines is 3. The molecule has 1 aliphatic heterocycles. The number of hydrogen-bond donors (Lipinski definition) is 1. The van der Waals surface area contributed by atoms with E-state index in [1.807, 2.05) is 0 Å². The highest BCUT2D eigenvalue weighted by molar-refractivity contribution is 6.07. The summed E-state index contributed by atoms with van der Waals surface area (Å²) in [5.41, 5.74) is 12.0. The van der Waals surface area contributed by atoms with Crippen molar-refractivity contribution in [3.63, 3.8) is 0 Å². The maximum absolute atomic E-state index is 3.51. The topological polar surface area (TPSA) is 25.2 Å². The van der Waals surface area contributed by atoms with Gasteiger partial charge in [-0.3, -0.25) is 0 Å². The van der Waals surface area contributed by atoms with Crippen LogP contribution in [0, 0.1) is 6.92 Å². The summed E-state index contributed by atoms with van der Waals surface area (Å²) in [6.07, 6.45) is 0. The van der Waals surface area contributed by atoms with Gasteiger partial charge in [0.15, 0.2) is 0 Å². The van der Waals surface area contributed by atoms with Crippen molar-refractivity contribution in [3.8, 4) is 11.1 Å². The van der Waals surface area contributed by atoms with Crippen LogP contribution in [-0.4, -0.2) is 0 Å². The van der Waals surface area contributed by atoms with Crippen LogP contribution in [0.25, 0.3) is 22.5 Å². The summed E-state index contributed by atoms with van der Waals surface area (Å²) in [5, 5.41) is 3.51. The SMILES string of the molecule is Cc1cccc(N(c2ccccc2)c2ccc(-c3ccccc3C3=C(c4ccccc4)N3)cc2)c1. The number of aryl methyl sites for hydroxylation is 1. The van der Waals surface area contributed by atoms with Crippen LogP contribution in [0.1, 0.15) is 16.7 Å². The number of nitrogens with zero attached hydrogens (tertiary/aromatic N) is 1. The predicted octanol–water partition coefficient (Wildman–Crippen LogP) is 8.56. The first-order valence-electron chi connectivity index (χ1n) is 12.0. The van der Waals surface area contributed by atoms with Crippen molar-refractivity contribution in [2.24, 2.45) is 0 Å². The van der Waals surface area contributed by atoms with Crippen molar-refractivity contribution < 1.29 is 0 Å². The van der Waals surface area contributed by atoms with E-state index < -0.39 is 0 Å². The molecule has 1 N–H and O–H groups in total. The first kappa shape index (κ1) is 21.0.